The summed E-state index contributed by atoms with van der Waals surface area (Å²) in [6.45, 7) is 5.15. The number of nitrogens with zero attached hydrogens (tertiary/aromatic N) is 2. The van der Waals surface area contributed by atoms with Crippen LogP contribution in [0, 0.1) is 6.92 Å². The highest BCUT2D eigenvalue weighted by atomic mass is 19.4. The Morgan fingerprint density at radius 2 is 1.88 bits per heavy atom. The molecular weight excluding hydrogens is 415 g/mol. The number of anilines is 1. The lowest BCUT2D eigenvalue weighted by molar-refractivity contribution is -0.136. The van der Waals surface area contributed by atoms with Crippen molar-refractivity contribution in [3.63, 3.8) is 0 Å². The van der Waals surface area contributed by atoms with Crippen molar-refractivity contribution in [2.75, 3.05) is 32.0 Å². The minimum atomic E-state index is -4.43. The minimum Gasteiger partial charge on any atom is -0.492 e. The van der Waals surface area contributed by atoms with E-state index in [1.54, 1.807) is 0 Å². The molecule has 7 heteroatoms. The number of hydrogen-bond donors (Lipinski definition) is 1. The summed E-state index contributed by atoms with van der Waals surface area (Å²) < 4.78 is 44.6. The van der Waals surface area contributed by atoms with Crippen LogP contribution in [0.1, 0.15) is 29.7 Å². The number of rotatable bonds is 5. The highest BCUT2D eigenvalue weighted by Gasteiger charge is 2.32. The summed E-state index contributed by atoms with van der Waals surface area (Å²) in [5, 5.41) is 1.01. The Morgan fingerprint density at radius 1 is 1.09 bits per heavy atom. The lowest BCUT2D eigenvalue weighted by Gasteiger charge is -2.28. The molecule has 2 aromatic carbocycles. The number of alkyl halides is 3. The smallest absolute Gasteiger partial charge is 0.418 e. The largest absolute Gasteiger partial charge is 0.492 e. The Bertz CT molecular complexity index is 1130. The quantitative estimate of drug-likeness (QED) is 0.516. The lowest BCUT2D eigenvalue weighted by atomic mass is 10.00. The Hall–Kier alpha value is -3.06. The van der Waals surface area contributed by atoms with Crippen molar-refractivity contribution < 1.29 is 17.9 Å². The maximum atomic E-state index is 12.9. The van der Waals surface area contributed by atoms with E-state index in [1.165, 1.54) is 17.7 Å². The lowest BCUT2D eigenvalue weighted by Crippen LogP contribution is -2.34. The molecule has 32 heavy (non-hydrogen) atoms. The number of ether oxygens (including phenoxy) is 1. The normalized spacial score (nSPS) is 15.2. The summed E-state index contributed by atoms with van der Waals surface area (Å²) in [6.07, 6.45) is -0.725. The van der Waals surface area contributed by atoms with Crippen LogP contribution in [0.4, 0.5) is 18.9 Å². The molecule has 0 spiro atoms. The van der Waals surface area contributed by atoms with Crippen LogP contribution >= 0.6 is 0 Å². The van der Waals surface area contributed by atoms with Gasteiger partial charge < -0.3 is 10.5 Å². The number of pyridine rings is 1. The summed E-state index contributed by atoms with van der Waals surface area (Å²) in [6, 6.07) is 13.9. The number of likely N-dealkylation sites (tertiary alicyclic amines) is 1. The van der Waals surface area contributed by atoms with Crippen LogP contribution in [-0.4, -0.2) is 36.1 Å². The summed E-state index contributed by atoms with van der Waals surface area (Å²) in [5.74, 6) is 0.840. The number of hydrogen-bond acceptors (Lipinski definition) is 4. The first-order chi connectivity index (χ1) is 15.3. The van der Waals surface area contributed by atoms with Crippen LogP contribution in [0.25, 0.3) is 17.0 Å². The molecule has 0 aliphatic carbocycles. The molecule has 1 aliphatic rings. The number of aromatic nitrogens is 1. The summed E-state index contributed by atoms with van der Waals surface area (Å²) in [5.41, 5.74) is 8.42. The van der Waals surface area contributed by atoms with E-state index in [2.05, 4.69) is 9.88 Å². The van der Waals surface area contributed by atoms with Crippen molar-refractivity contribution in [1.29, 1.82) is 0 Å². The molecule has 1 aliphatic heterocycles. The van der Waals surface area contributed by atoms with E-state index < -0.39 is 11.7 Å². The van der Waals surface area contributed by atoms with Crippen molar-refractivity contribution in [2.45, 2.75) is 25.9 Å². The molecule has 1 aromatic heterocycles. The number of benzene rings is 2. The number of fused-ring (bicyclic) bond motifs is 1. The highest BCUT2D eigenvalue weighted by Crippen LogP contribution is 2.34. The third kappa shape index (κ3) is 5.22. The van der Waals surface area contributed by atoms with E-state index in [0.717, 1.165) is 60.9 Å². The van der Waals surface area contributed by atoms with Crippen LogP contribution in [0.2, 0.25) is 0 Å². The van der Waals surface area contributed by atoms with Gasteiger partial charge in [-0.05, 0) is 61.7 Å². The molecule has 2 heterocycles. The molecule has 1 fully saturated rings. The van der Waals surface area contributed by atoms with E-state index in [0.29, 0.717) is 12.2 Å². The zero-order valence-corrected chi connectivity index (χ0v) is 18.0. The van der Waals surface area contributed by atoms with E-state index in [9.17, 15) is 13.2 Å². The summed E-state index contributed by atoms with van der Waals surface area (Å²) in [7, 11) is 0. The molecular formula is C25H26F3N3O. The van der Waals surface area contributed by atoms with Gasteiger partial charge in [0.25, 0.3) is 0 Å². The minimum absolute atomic E-state index is 0.236. The van der Waals surface area contributed by atoms with Gasteiger partial charge in [0, 0.05) is 36.4 Å². The number of nitrogens with two attached hydrogens (primary N) is 1. The van der Waals surface area contributed by atoms with Gasteiger partial charge in [-0.25, -0.2) is 0 Å². The van der Waals surface area contributed by atoms with E-state index in [4.69, 9.17) is 10.5 Å². The second-order valence-corrected chi connectivity index (χ2v) is 8.11. The fraction of sp³-hybridized carbons (Fsp3) is 0.320. The standard InChI is InChI=1S/C25H26F3N3O/c1-17-5-7-20-23(30-17)3-2-4-24(20)32-14-13-31-11-9-18(10-12-31)15-19-6-8-21(22(29)16-19)25(26,27)28/h2-8,15-16H,9-14,29H2,1H3. The summed E-state index contributed by atoms with van der Waals surface area (Å²) in [4.78, 5) is 6.88. The molecule has 168 valence electrons. The van der Waals surface area contributed by atoms with Crippen molar-refractivity contribution >= 4 is 22.7 Å². The Balaban J connectivity index is 1.30. The van der Waals surface area contributed by atoms with E-state index in [-0.39, 0.29) is 5.69 Å². The fourth-order valence-corrected chi connectivity index (χ4v) is 4.01. The first-order valence-corrected chi connectivity index (χ1v) is 10.7. The molecule has 4 nitrogen and oxygen atoms in total. The number of halogens is 3. The van der Waals surface area contributed by atoms with Crippen molar-refractivity contribution in [2.24, 2.45) is 0 Å². The SMILES string of the molecule is Cc1ccc2c(OCCN3CCC(=Cc4ccc(C(F)(F)F)c(N)c4)CC3)cccc2n1. The van der Waals surface area contributed by atoms with Crippen LogP contribution in [0.5, 0.6) is 5.75 Å². The monoisotopic (exact) mass is 441 g/mol. The molecule has 2 N–H and O–H groups in total. The third-order valence-corrected chi connectivity index (χ3v) is 5.75. The van der Waals surface area contributed by atoms with Crippen molar-refractivity contribution in [1.82, 2.24) is 9.88 Å². The van der Waals surface area contributed by atoms with Crippen LogP contribution in [-0.2, 0) is 6.18 Å². The second-order valence-electron chi connectivity index (χ2n) is 8.11. The molecule has 4 rings (SSSR count). The van der Waals surface area contributed by atoms with Crippen LogP contribution in [0.3, 0.4) is 0 Å². The van der Waals surface area contributed by atoms with Crippen LogP contribution < -0.4 is 10.5 Å². The molecule has 0 bridgehead atoms. The van der Waals surface area contributed by atoms with Crippen molar-refractivity contribution in [3.8, 4) is 5.75 Å². The Morgan fingerprint density at radius 3 is 2.59 bits per heavy atom. The first-order valence-electron chi connectivity index (χ1n) is 10.7. The zero-order chi connectivity index (χ0) is 22.7. The molecule has 0 saturated carbocycles. The predicted octanol–water partition coefficient (Wildman–Crippen LogP) is 5.70. The Labute approximate surface area is 185 Å². The zero-order valence-electron chi connectivity index (χ0n) is 18.0. The second kappa shape index (κ2) is 9.20. The maximum absolute atomic E-state index is 12.9. The molecule has 0 atom stereocenters. The topological polar surface area (TPSA) is 51.4 Å². The van der Waals surface area contributed by atoms with Crippen LogP contribution in [0.15, 0.2) is 54.1 Å². The number of nitrogen functional groups attached to an aromatic ring is 1. The van der Waals surface area contributed by atoms with Gasteiger partial charge in [0.2, 0.25) is 0 Å². The van der Waals surface area contributed by atoms with Crippen molar-refractivity contribution in [3.05, 3.63) is 70.9 Å². The molecule has 3 aromatic rings. The number of piperidine rings is 1. The number of aryl methyl sites for hydroxylation is 1. The molecule has 0 amide bonds. The fourth-order valence-electron chi connectivity index (χ4n) is 4.01. The van der Waals surface area contributed by atoms with Gasteiger partial charge in [-0.1, -0.05) is 23.8 Å². The van der Waals surface area contributed by atoms with Gasteiger partial charge >= 0.3 is 6.18 Å². The predicted molar refractivity (Wildman–Crippen MR) is 121 cm³/mol. The summed E-state index contributed by atoms with van der Waals surface area (Å²) >= 11 is 0. The highest BCUT2D eigenvalue weighted by molar-refractivity contribution is 5.85. The Kier molecular flexibility index (Phi) is 6.37. The van der Waals surface area contributed by atoms with Gasteiger partial charge in [0.1, 0.15) is 12.4 Å². The van der Waals surface area contributed by atoms with Gasteiger partial charge in [0.15, 0.2) is 0 Å². The van der Waals surface area contributed by atoms with Gasteiger partial charge in [-0.3, -0.25) is 9.88 Å². The third-order valence-electron chi connectivity index (χ3n) is 5.75. The first kappa shape index (κ1) is 22.1. The molecule has 0 radical (unpaired) electrons. The van der Waals surface area contributed by atoms with Gasteiger partial charge in [-0.2, -0.15) is 13.2 Å². The maximum Gasteiger partial charge on any atom is 0.418 e. The molecule has 0 unspecified atom stereocenters. The van der Waals surface area contributed by atoms with Gasteiger partial charge in [0.05, 0.1) is 11.1 Å². The van der Waals surface area contributed by atoms with E-state index >= 15 is 0 Å². The van der Waals surface area contributed by atoms with Gasteiger partial charge in [-0.15, -0.1) is 0 Å². The average Bonchev–Trinajstić information content (AvgIpc) is 2.74. The van der Waals surface area contributed by atoms with E-state index in [1.807, 2.05) is 43.3 Å². The average molecular weight is 441 g/mol. The molecule has 1 saturated heterocycles.